The average molecular weight is 344 g/mol. The fourth-order valence-corrected chi connectivity index (χ4v) is 3.45. The van der Waals surface area contributed by atoms with Crippen LogP contribution in [-0.4, -0.2) is 22.6 Å². The predicted octanol–water partition coefficient (Wildman–Crippen LogP) is 4.66. The van der Waals surface area contributed by atoms with Gasteiger partial charge in [-0.15, -0.1) is 5.06 Å². The van der Waals surface area contributed by atoms with Crippen molar-refractivity contribution in [2.45, 2.75) is 18.9 Å². The van der Waals surface area contributed by atoms with E-state index < -0.39 is 0 Å². The van der Waals surface area contributed by atoms with Gasteiger partial charge in [0.2, 0.25) is 0 Å². The average Bonchev–Trinajstić information content (AvgIpc) is 3.17. The van der Waals surface area contributed by atoms with E-state index in [0.717, 1.165) is 30.5 Å². The lowest BCUT2D eigenvalue weighted by Gasteiger charge is -2.23. The van der Waals surface area contributed by atoms with Gasteiger partial charge in [-0.2, -0.15) is 0 Å². The summed E-state index contributed by atoms with van der Waals surface area (Å²) < 4.78 is 0. The molecule has 3 aromatic rings. The monoisotopic (exact) mass is 344 g/mol. The predicted molar refractivity (Wildman–Crippen MR) is 100 cm³/mol. The fourth-order valence-electron chi connectivity index (χ4n) is 3.45. The van der Waals surface area contributed by atoms with Gasteiger partial charge in [-0.25, -0.2) is 4.79 Å². The molecule has 4 nitrogen and oxygen atoms in total. The molecule has 0 radical (unpaired) electrons. The Balaban J connectivity index is 1.58. The van der Waals surface area contributed by atoms with Crippen LogP contribution in [0.15, 0.2) is 79.1 Å². The number of hydrogen-bond donors (Lipinski definition) is 0. The van der Waals surface area contributed by atoms with E-state index in [1.54, 1.807) is 18.5 Å². The van der Waals surface area contributed by atoms with Crippen molar-refractivity contribution >= 4 is 5.97 Å². The lowest BCUT2D eigenvalue weighted by Crippen LogP contribution is -2.27. The molecule has 0 saturated carbocycles. The van der Waals surface area contributed by atoms with Crippen molar-refractivity contribution < 1.29 is 9.63 Å². The maximum absolute atomic E-state index is 12.9. The molecule has 0 aliphatic carbocycles. The highest BCUT2D eigenvalue weighted by Crippen LogP contribution is 2.33. The molecule has 1 atom stereocenters. The van der Waals surface area contributed by atoms with Gasteiger partial charge in [-0.05, 0) is 36.1 Å². The van der Waals surface area contributed by atoms with Crippen molar-refractivity contribution in [3.8, 4) is 11.1 Å². The molecule has 4 heteroatoms. The summed E-state index contributed by atoms with van der Waals surface area (Å²) in [5.41, 5.74) is 3.47. The summed E-state index contributed by atoms with van der Waals surface area (Å²) in [7, 11) is 0. The molecule has 0 N–H and O–H groups in total. The van der Waals surface area contributed by atoms with E-state index in [9.17, 15) is 4.79 Å². The van der Waals surface area contributed by atoms with E-state index in [0.29, 0.717) is 5.56 Å². The third-order valence-electron chi connectivity index (χ3n) is 4.71. The summed E-state index contributed by atoms with van der Waals surface area (Å²) in [4.78, 5) is 22.8. The first-order chi connectivity index (χ1) is 12.8. The molecule has 1 unspecified atom stereocenters. The van der Waals surface area contributed by atoms with Crippen LogP contribution in [0.25, 0.3) is 11.1 Å². The highest BCUT2D eigenvalue weighted by Gasteiger charge is 2.30. The first-order valence-electron chi connectivity index (χ1n) is 8.86. The molecule has 130 valence electrons. The number of carbonyl (C=O) groups is 1. The van der Waals surface area contributed by atoms with Gasteiger partial charge < -0.3 is 4.84 Å². The van der Waals surface area contributed by atoms with Gasteiger partial charge in [0.1, 0.15) is 0 Å². The number of aromatic nitrogens is 1. The summed E-state index contributed by atoms with van der Waals surface area (Å²) in [5.74, 6) is -0.327. The van der Waals surface area contributed by atoms with Gasteiger partial charge in [-0.3, -0.25) is 4.98 Å². The van der Waals surface area contributed by atoms with E-state index in [4.69, 9.17) is 4.84 Å². The Kier molecular flexibility index (Phi) is 4.75. The van der Waals surface area contributed by atoms with Crippen LogP contribution in [0.5, 0.6) is 0 Å². The van der Waals surface area contributed by atoms with Crippen LogP contribution < -0.4 is 0 Å². The van der Waals surface area contributed by atoms with Gasteiger partial charge in [0.05, 0.1) is 11.6 Å². The number of carbonyl (C=O) groups excluding carboxylic acids is 1. The highest BCUT2D eigenvalue weighted by molar-refractivity contribution is 5.97. The lowest BCUT2D eigenvalue weighted by molar-refractivity contribution is -0.120. The number of benzene rings is 2. The minimum absolute atomic E-state index is 0.116. The summed E-state index contributed by atoms with van der Waals surface area (Å²) in [6.45, 7) is 0.750. The van der Waals surface area contributed by atoms with Crippen molar-refractivity contribution in [1.82, 2.24) is 10.0 Å². The van der Waals surface area contributed by atoms with E-state index in [-0.39, 0.29) is 12.0 Å². The normalized spacial score (nSPS) is 17.2. The molecule has 0 amide bonds. The molecule has 1 aliphatic heterocycles. The maximum atomic E-state index is 12.9. The standard InChI is InChI=1S/C22H20N2O2/c25-22(20-12-5-4-11-19(20)18-10-6-14-23-16-18)26-24-15-7-13-21(24)17-8-2-1-3-9-17/h1-6,8-12,14,16,21H,7,13,15H2. The Morgan fingerprint density at radius 2 is 1.81 bits per heavy atom. The Labute approximate surface area is 153 Å². The number of pyridine rings is 1. The van der Waals surface area contributed by atoms with Crippen molar-refractivity contribution in [2.75, 3.05) is 6.54 Å². The fraction of sp³-hybridized carbons (Fsp3) is 0.182. The molecule has 1 aliphatic rings. The summed E-state index contributed by atoms with van der Waals surface area (Å²) in [5, 5.41) is 1.82. The van der Waals surface area contributed by atoms with Gasteiger partial charge in [0.15, 0.2) is 0 Å². The molecule has 26 heavy (non-hydrogen) atoms. The molecular formula is C22H20N2O2. The third-order valence-corrected chi connectivity index (χ3v) is 4.71. The lowest BCUT2D eigenvalue weighted by atomic mass is 10.0. The molecule has 2 heterocycles. The van der Waals surface area contributed by atoms with Crippen LogP contribution in [0, 0.1) is 0 Å². The van der Waals surface area contributed by atoms with Crippen LogP contribution in [0.1, 0.15) is 34.8 Å². The van der Waals surface area contributed by atoms with Gasteiger partial charge in [0.25, 0.3) is 0 Å². The van der Waals surface area contributed by atoms with Crippen molar-refractivity contribution in [1.29, 1.82) is 0 Å². The Hall–Kier alpha value is -2.98. The molecule has 1 saturated heterocycles. The molecule has 0 spiro atoms. The first kappa shape index (κ1) is 16.5. The van der Waals surface area contributed by atoms with Crippen molar-refractivity contribution in [3.63, 3.8) is 0 Å². The number of rotatable bonds is 4. The zero-order valence-electron chi connectivity index (χ0n) is 14.4. The Morgan fingerprint density at radius 1 is 1.00 bits per heavy atom. The summed E-state index contributed by atoms with van der Waals surface area (Å²) >= 11 is 0. The maximum Gasteiger partial charge on any atom is 0.357 e. The molecular weight excluding hydrogens is 324 g/mol. The van der Waals surface area contributed by atoms with Crippen LogP contribution in [0.2, 0.25) is 0 Å². The molecule has 2 aromatic carbocycles. The van der Waals surface area contributed by atoms with Crippen LogP contribution >= 0.6 is 0 Å². The Bertz CT molecular complexity index is 881. The zero-order valence-corrected chi connectivity index (χ0v) is 14.4. The molecule has 4 rings (SSSR count). The number of nitrogens with zero attached hydrogens (tertiary/aromatic N) is 2. The van der Waals surface area contributed by atoms with E-state index in [2.05, 4.69) is 17.1 Å². The first-order valence-corrected chi connectivity index (χ1v) is 8.86. The van der Waals surface area contributed by atoms with Crippen LogP contribution in [-0.2, 0) is 4.84 Å². The minimum Gasteiger partial charge on any atom is -0.363 e. The van der Waals surface area contributed by atoms with Crippen molar-refractivity contribution in [3.05, 3.63) is 90.3 Å². The van der Waals surface area contributed by atoms with Gasteiger partial charge in [-0.1, -0.05) is 54.6 Å². The highest BCUT2D eigenvalue weighted by atomic mass is 16.7. The topological polar surface area (TPSA) is 42.4 Å². The summed E-state index contributed by atoms with van der Waals surface area (Å²) in [6.07, 6.45) is 5.48. The van der Waals surface area contributed by atoms with Gasteiger partial charge >= 0.3 is 5.97 Å². The second kappa shape index (κ2) is 7.50. The number of hydroxylamine groups is 2. The third kappa shape index (κ3) is 3.37. The van der Waals surface area contributed by atoms with Crippen molar-refractivity contribution in [2.24, 2.45) is 0 Å². The van der Waals surface area contributed by atoms with Crippen LogP contribution in [0.4, 0.5) is 0 Å². The van der Waals surface area contributed by atoms with E-state index in [1.165, 1.54) is 5.56 Å². The Morgan fingerprint density at radius 3 is 2.62 bits per heavy atom. The smallest absolute Gasteiger partial charge is 0.357 e. The largest absolute Gasteiger partial charge is 0.363 e. The van der Waals surface area contributed by atoms with E-state index in [1.807, 2.05) is 53.6 Å². The SMILES string of the molecule is O=C(ON1CCCC1c1ccccc1)c1ccccc1-c1cccnc1. The van der Waals surface area contributed by atoms with E-state index >= 15 is 0 Å². The van der Waals surface area contributed by atoms with Gasteiger partial charge in [0, 0.05) is 24.5 Å². The second-order valence-electron chi connectivity index (χ2n) is 6.38. The zero-order chi connectivity index (χ0) is 17.8. The molecule has 1 aromatic heterocycles. The minimum atomic E-state index is -0.327. The molecule has 1 fully saturated rings. The summed E-state index contributed by atoms with van der Waals surface area (Å²) in [6, 6.07) is 21.6. The quantitative estimate of drug-likeness (QED) is 0.690. The molecule has 0 bridgehead atoms. The number of hydrogen-bond acceptors (Lipinski definition) is 4. The second-order valence-corrected chi connectivity index (χ2v) is 6.38. The van der Waals surface area contributed by atoms with Crippen LogP contribution in [0.3, 0.4) is 0 Å².